The van der Waals surface area contributed by atoms with Crippen LogP contribution in [0.5, 0.6) is 11.5 Å². The Bertz CT molecular complexity index is 2210. The number of imide groups is 1. The van der Waals surface area contributed by atoms with Crippen molar-refractivity contribution in [2.45, 2.75) is 51.0 Å². The Hall–Kier alpha value is -5.93. The van der Waals surface area contributed by atoms with Crippen LogP contribution in [0.3, 0.4) is 0 Å². The highest BCUT2D eigenvalue weighted by atomic mass is 16.5. The summed E-state index contributed by atoms with van der Waals surface area (Å²) in [5.41, 5.74) is 9.73. The maximum absolute atomic E-state index is 13.5. The second-order valence-electron chi connectivity index (χ2n) is 17.4. The highest BCUT2D eigenvalue weighted by molar-refractivity contribution is 6.05. The summed E-state index contributed by atoms with van der Waals surface area (Å²) in [7, 11) is 0. The number of anilines is 3. The highest BCUT2D eigenvalue weighted by Gasteiger charge is 2.36. The van der Waals surface area contributed by atoms with Gasteiger partial charge in [-0.3, -0.25) is 29.5 Å². The zero-order valence-corrected chi connectivity index (χ0v) is 35.4. The molecule has 4 aromatic rings. The number of fused-ring (bicyclic) bond motifs is 1. The van der Waals surface area contributed by atoms with Gasteiger partial charge in [-0.05, 0) is 118 Å². The molecule has 1 atom stereocenters. The topological polar surface area (TPSA) is 162 Å². The largest absolute Gasteiger partial charge is 0.457 e. The van der Waals surface area contributed by atoms with E-state index >= 15 is 0 Å². The average molecular weight is 843 g/mol. The normalized spacial score (nSPS) is 20.7. The predicted octanol–water partition coefficient (Wildman–Crippen LogP) is 5.41. The van der Waals surface area contributed by atoms with E-state index in [2.05, 4.69) is 42.4 Å². The molecule has 4 N–H and O–H groups in total. The summed E-state index contributed by atoms with van der Waals surface area (Å²) in [5.74, 6) is 2.66. The fourth-order valence-corrected chi connectivity index (χ4v) is 10.0. The van der Waals surface area contributed by atoms with Crippen molar-refractivity contribution in [3.05, 3.63) is 84.4 Å². The fraction of sp³-hybridized carbons (Fsp3) is 0.468. The number of carbonyl (C=O) groups excluding carboxylic acids is 4. The summed E-state index contributed by atoms with van der Waals surface area (Å²) in [5, 5.41) is 10.8. The van der Waals surface area contributed by atoms with E-state index in [0.717, 1.165) is 127 Å². The van der Waals surface area contributed by atoms with Crippen molar-refractivity contribution in [3.8, 4) is 22.8 Å². The standard InChI is InChI=1S/C47H58N10O5/c48-45(60)43-44(35-6-12-39(13-7-35)62-38-4-2-1-3-5-38)51-57-40(14-21-49-46(43)57)34-17-25-55(26-18-34)42(59)20-24-52-22-15-33(16-23-52)32-53-28-30-54(31-29-53)36-8-10-37(11-9-36)56-27-19-41(58)50-47(56)61/h1-13,33-34,40,49H,14-32H2,(H2,48,60)(H,50,58,61)/t40-/m0/s1. The number of aromatic nitrogens is 2. The van der Waals surface area contributed by atoms with E-state index < -0.39 is 5.91 Å². The van der Waals surface area contributed by atoms with Crippen LogP contribution in [-0.2, 0) is 9.59 Å². The molecule has 6 heterocycles. The van der Waals surface area contributed by atoms with Crippen molar-refractivity contribution in [2.75, 3.05) is 93.7 Å². The SMILES string of the molecule is NC(=O)c1c(-c2ccc(Oc3ccccc3)cc2)nn2c1NCC[C@H]2C1CCN(C(=O)CCN2CCC(CN3CCN(c4ccc(N5CCC(=O)NC5=O)cc4)CC3)CC2)CC1. The summed E-state index contributed by atoms with van der Waals surface area (Å²) in [6.07, 6.45) is 5.89. The molecule has 62 heavy (non-hydrogen) atoms. The molecular formula is C47H58N10O5. The van der Waals surface area contributed by atoms with Gasteiger partial charge in [0.25, 0.3) is 5.91 Å². The van der Waals surface area contributed by atoms with Crippen molar-refractivity contribution in [1.82, 2.24) is 29.8 Å². The number of carbonyl (C=O) groups is 4. The summed E-state index contributed by atoms with van der Waals surface area (Å²) >= 11 is 0. The number of hydrogen-bond acceptors (Lipinski definition) is 10. The molecule has 1 aromatic heterocycles. The molecule has 5 amide bonds. The molecule has 0 radical (unpaired) electrons. The number of para-hydroxylation sites is 1. The molecule has 326 valence electrons. The zero-order valence-electron chi connectivity index (χ0n) is 35.4. The number of piperidine rings is 2. The Labute approximate surface area is 363 Å². The van der Waals surface area contributed by atoms with Crippen molar-refractivity contribution < 1.29 is 23.9 Å². The van der Waals surface area contributed by atoms with E-state index in [1.165, 1.54) is 0 Å². The molecule has 0 aliphatic carbocycles. The lowest BCUT2D eigenvalue weighted by Crippen LogP contribution is -2.49. The third kappa shape index (κ3) is 9.28. The Morgan fingerprint density at radius 1 is 0.742 bits per heavy atom. The number of amides is 5. The van der Waals surface area contributed by atoms with Gasteiger partial charge >= 0.3 is 6.03 Å². The first kappa shape index (κ1) is 41.4. The number of urea groups is 1. The molecule has 0 bridgehead atoms. The van der Waals surface area contributed by atoms with Crippen LogP contribution in [0.4, 0.5) is 22.0 Å². The van der Waals surface area contributed by atoms with E-state index in [0.29, 0.717) is 54.0 Å². The van der Waals surface area contributed by atoms with Crippen molar-refractivity contribution in [2.24, 2.45) is 17.6 Å². The number of benzene rings is 3. The summed E-state index contributed by atoms with van der Waals surface area (Å²) in [4.78, 5) is 61.2. The van der Waals surface area contributed by atoms with Gasteiger partial charge < -0.3 is 30.5 Å². The maximum atomic E-state index is 13.5. The number of primary amides is 1. The third-order valence-corrected chi connectivity index (χ3v) is 13.6. The van der Waals surface area contributed by atoms with Crippen LogP contribution in [0.15, 0.2) is 78.9 Å². The third-order valence-electron chi connectivity index (χ3n) is 13.6. The van der Waals surface area contributed by atoms with Crippen molar-refractivity contribution >= 4 is 40.9 Å². The number of likely N-dealkylation sites (tertiary alicyclic amines) is 2. The van der Waals surface area contributed by atoms with E-state index in [4.69, 9.17) is 15.6 Å². The number of rotatable bonds is 12. The molecule has 9 rings (SSSR count). The number of piperazine rings is 1. The molecular weight excluding hydrogens is 785 g/mol. The Balaban J connectivity index is 0.701. The van der Waals surface area contributed by atoms with Crippen LogP contribution < -0.4 is 30.9 Å². The van der Waals surface area contributed by atoms with Gasteiger partial charge in [-0.25, -0.2) is 9.48 Å². The lowest BCUT2D eigenvalue weighted by molar-refractivity contribution is -0.133. The molecule has 15 heteroatoms. The lowest BCUT2D eigenvalue weighted by Gasteiger charge is -2.40. The Morgan fingerprint density at radius 2 is 1.44 bits per heavy atom. The first-order valence-corrected chi connectivity index (χ1v) is 22.4. The van der Waals surface area contributed by atoms with E-state index in [-0.39, 0.29) is 23.9 Å². The van der Waals surface area contributed by atoms with Gasteiger partial charge in [-0.2, -0.15) is 5.10 Å². The molecule has 3 aromatic carbocycles. The monoisotopic (exact) mass is 842 g/mol. The molecule has 5 aliphatic heterocycles. The second kappa shape index (κ2) is 18.6. The summed E-state index contributed by atoms with van der Waals surface area (Å²) in [6, 6.07) is 25.1. The minimum absolute atomic E-state index is 0.116. The van der Waals surface area contributed by atoms with E-state index in [1.807, 2.05) is 71.4 Å². The predicted molar refractivity (Wildman–Crippen MR) is 239 cm³/mol. The fourth-order valence-electron chi connectivity index (χ4n) is 10.0. The molecule has 0 saturated carbocycles. The Morgan fingerprint density at radius 3 is 2.13 bits per heavy atom. The molecule has 0 spiro atoms. The Kier molecular flexibility index (Phi) is 12.4. The van der Waals surface area contributed by atoms with E-state index in [9.17, 15) is 19.2 Å². The number of nitrogens with one attached hydrogen (secondary N) is 2. The van der Waals surface area contributed by atoms with Gasteiger partial charge in [0.15, 0.2) is 0 Å². The van der Waals surface area contributed by atoms with Crippen LogP contribution in [0, 0.1) is 11.8 Å². The van der Waals surface area contributed by atoms with Gasteiger partial charge in [-0.1, -0.05) is 18.2 Å². The lowest BCUT2D eigenvalue weighted by atomic mass is 9.86. The van der Waals surface area contributed by atoms with Gasteiger partial charge in [0, 0.05) is 95.2 Å². The quantitative estimate of drug-likeness (QED) is 0.168. The van der Waals surface area contributed by atoms with Crippen LogP contribution in [0.1, 0.15) is 61.3 Å². The summed E-state index contributed by atoms with van der Waals surface area (Å²) in [6.45, 7) is 10.6. The smallest absolute Gasteiger partial charge is 0.328 e. The first-order chi connectivity index (χ1) is 30.3. The highest BCUT2D eigenvalue weighted by Crippen LogP contribution is 2.40. The van der Waals surface area contributed by atoms with Gasteiger partial charge in [-0.15, -0.1) is 0 Å². The van der Waals surface area contributed by atoms with Crippen molar-refractivity contribution in [1.29, 1.82) is 0 Å². The van der Waals surface area contributed by atoms with Crippen LogP contribution in [0.2, 0.25) is 0 Å². The molecule has 0 unspecified atom stereocenters. The maximum Gasteiger partial charge on any atom is 0.328 e. The molecule has 4 fully saturated rings. The number of nitrogens with two attached hydrogens (primary N) is 1. The zero-order chi connectivity index (χ0) is 42.6. The molecule has 4 saturated heterocycles. The van der Waals surface area contributed by atoms with Gasteiger partial charge in [0.05, 0.1) is 6.04 Å². The number of hydrogen-bond donors (Lipinski definition) is 3. The summed E-state index contributed by atoms with van der Waals surface area (Å²) < 4.78 is 7.97. The minimum Gasteiger partial charge on any atom is -0.457 e. The number of nitrogens with zero attached hydrogens (tertiary/aromatic N) is 7. The number of ether oxygens (including phenoxy) is 1. The van der Waals surface area contributed by atoms with Crippen LogP contribution in [0.25, 0.3) is 11.3 Å². The van der Waals surface area contributed by atoms with Crippen molar-refractivity contribution in [3.63, 3.8) is 0 Å². The van der Waals surface area contributed by atoms with Gasteiger partial charge in [0.2, 0.25) is 11.8 Å². The van der Waals surface area contributed by atoms with Crippen LogP contribution in [-0.4, -0.2) is 127 Å². The molecule has 15 nitrogen and oxygen atoms in total. The van der Waals surface area contributed by atoms with Gasteiger partial charge in [0.1, 0.15) is 28.6 Å². The van der Waals surface area contributed by atoms with Crippen LogP contribution >= 0.6 is 0 Å². The molecule has 5 aliphatic rings. The van der Waals surface area contributed by atoms with E-state index in [1.54, 1.807) is 4.90 Å². The first-order valence-electron chi connectivity index (χ1n) is 22.4. The second-order valence-corrected chi connectivity index (χ2v) is 17.4. The average Bonchev–Trinajstić information content (AvgIpc) is 3.70. The minimum atomic E-state index is -0.508.